The first-order valence-corrected chi connectivity index (χ1v) is 6.45. The summed E-state index contributed by atoms with van der Waals surface area (Å²) >= 11 is 0. The van der Waals surface area contributed by atoms with E-state index in [1.54, 1.807) is 6.20 Å². The summed E-state index contributed by atoms with van der Waals surface area (Å²) < 4.78 is 0. The van der Waals surface area contributed by atoms with E-state index in [9.17, 15) is 0 Å². The van der Waals surface area contributed by atoms with Gasteiger partial charge in [-0.25, -0.2) is 0 Å². The van der Waals surface area contributed by atoms with Crippen LogP contribution in [-0.4, -0.2) is 9.97 Å². The van der Waals surface area contributed by atoms with Gasteiger partial charge in [0.05, 0.1) is 5.52 Å². The number of nitrogens with zero attached hydrogens (tertiary/aromatic N) is 2. The molecule has 0 radical (unpaired) electrons. The van der Waals surface area contributed by atoms with Crippen molar-refractivity contribution in [1.29, 1.82) is 0 Å². The Morgan fingerprint density at radius 3 is 2.11 bits per heavy atom. The Balaban J connectivity index is 2.89. The SMILES string of the molecule is CC(C)(C)c1cnc2ccncc2c1C(C)(C)C. The summed E-state index contributed by atoms with van der Waals surface area (Å²) in [6, 6.07) is 1.98. The predicted molar refractivity (Wildman–Crippen MR) is 76.9 cm³/mol. The third-order valence-electron chi connectivity index (χ3n) is 3.23. The largest absolute Gasteiger partial charge is 0.264 e. The number of hydrogen-bond acceptors (Lipinski definition) is 2. The van der Waals surface area contributed by atoms with Crippen molar-refractivity contribution < 1.29 is 0 Å². The van der Waals surface area contributed by atoms with E-state index in [-0.39, 0.29) is 10.8 Å². The Morgan fingerprint density at radius 2 is 1.56 bits per heavy atom. The Morgan fingerprint density at radius 1 is 0.889 bits per heavy atom. The molecule has 2 heterocycles. The summed E-state index contributed by atoms with van der Waals surface area (Å²) in [6.45, 7) is 13.5. The van der Waals surface area contributed by atoms with Crippen LogP contribution in [0.2, 0.25) is 0 Å². The van der Waals surface area contributed by atoms with Gasteiger partial charge in [0.1, 0.15) is 0 Å². The van der Waals surface area contributed by atoms with Crippen LogP contribution in [0.15, 0.2) is 24.7 Å². The van der Waals surface area contributed by atoms with Crippen LogP contribution in [0, 0.1) is 0 Å². The molecule has 96 valence electrons. The topological polar surface area (TPSA) is 25.8 Å². The molecule has 0 amide bonds. The number of hydrogen-bond donors (Lipinski definition) is 0. The molecule has 2 aromatic heterocycles. The summed E-state index contributed by atoms with van der Waals surface area (Å²) in [7, 11) is 0. The van der Waals surface area contributed by atoms with Crippen molar-refractivity contribution in [3.05, 3.63) is 35.8 Å². The van der Waals surface area contributed by atoms with Gasteiger partial charge in [0, 0.05) is 24.0 Å². The van der Waals surface area contributed by atoms with Crippen LogP contribution in [0.25, 0.3) is 10.9 Å². The molecule has 0 aliphatic rings. The lowest BCUT2D eigenvalue weighted by Gasteiger charge is -2.30. The fourth-order valence-electron chi connectivity index (χ4n) is 2.41. The van der Waals surface area contributed by atoms with Crippen molar-refractivity contribution >= 4 is 10.9 Å². The van der Waals surface area contributed by atoms with Crippen molar-refractivity contribution in [2.75, 3.05) is 0 Å². The minimum atomic E-state index is 0.0901. The standard InChI is InChI=1S/C16H22N2/c1-15(2,3)12-10-18-13-7-8-17-9-11(13)14(12)16(4,5)6/h7-10H,1-6H3. The number of rotatable bonds is 0. The second-order valence-electron chi connectivity index (χ2n) is 6.94. The molecule has 0 atom stereocenters. The Bertz CT molecular complexity index is 572. The second-order valence-corrected chi connectivity index (χ2v) is 6.94. The van der Waals surface area contributed by atoms with Crippen LogP contribution < -0.4 is 0 Å². The van der Waals surface area contributed by atoms with Gasteiger partial charge in [0.25, 0.3) is 0 Å². The molecular weight excluding hydrogens is 220 g/mol. The van der Waals surface area contributed by atoms with Gasteiger partial charge in [-0.2, -0.15) is 0 Å². The van der Waals surface area contributed by atoms with Crippen molar-refractivity contribution in [2.24, 2.45) is 0 Å². The van der Waals surface area contributed by atoms with Gasteiger partial charge in [-0.3, -0.25) is 9.97 Å². The third-order valence-corrected chi connectivity index (χ3v) is 3.23. The van der Waals surface area contributed by atoms with E-state index in [1.165, 1.54) is 16.5 Å². The first-order chi connectivity index (χ1) is 8.21. The molecular formula is C16H22N2. The predicted octanol–water partition coefficient (Wildman–Crippen LogP) is 4.22. The monoisotopic (exact) mass is 242 g/mol. The molecule has 0 N–H and O–H groups in total. The highest BCUT2D eigenvalue weighted by Crippen LogP contribution is 2.37. The molecule has 0 spiro atoms. The van der Waals surface area contributed by atoms with Crippen molar-refractivity contribution in [2.45, 2.75) is 52.4 Å². The molecule has 0 aliphatic heterocycles. The zero-order chi connectivity index (χ0) is 13.6. The molecule has 0 aromatic carbocycles. The third kappa shape index (κ3) is 2.24. The van der Waals surface area contributed by atoms with Gasteiger partial charge in [-0.05, 0) is 28.0 Å². The summed E-state index contributed by atoms with van der Waals surface area (Å²) in [6.07, 6.45) is 5.78. The molecule has 2 aromatic rings. The normalized spacial score (nSPS) is 13.0. The van der Waals surface area contributed by atoms with Crippen molar-refractivity contribution in [3.8, 4) is 0 Å². The molecule has 2 rings (SSSR count). The fourth-order valence-corrected chi connectivity index (χ4v) is 2.41. The zero-order valence-corrected chi connectivity index (χ0v) is 12.2. The first-order valence-electron chi connectivity index (χ1n) is 6.45. The van der Waals surface area contributed by atoms with Gasteiger partial charge in [-0.1, -0.05) is 41.5 Å². The maximum atomic E-state index is 4.58. The van der Waals surface area contributed by atoms with Gasteiger partial charge in [0.15, 0.2) is 0 Å². The molecule has 0 bridgehead atoms. The number of fused-ring (bicyclic) bond motifs is 1. The van der Waals surface area contributed by atoms with Crippen molar-refractivity contribution in [1.82, 2.24) is 9.97 Å². The van der Waals surface area contributed by atoms with E-state index in [1.807, 2.05) is 18.5 Å². The summed E-state index contributed by atoms with van der Waals surface area (Å²) in [5, 5.41) is 1.18. The van der Waals surface area contributed by atoms with Crippen LogP contribution >= 0.6 is 0 Å². The highest BCUT2D eigenvalue weighted by atomic mass is 14.7. The Labute approximate surface area is 109 Å². The van der Waals surface area contributed by atoms with Gasteiger partial charge in [0.2, 0.25) is 0 Å². The van der Waals surface area contributed by atoms with Crippen molar-refractivity contribution in [3.63, 3.8) is 0 Å². The second kappa shape index (κ2) is 4.04. The Kier molecular flexibility index (Phi) is 2.92. The molecule has 0 saturated carbocycles. The molecule has 2 heteroatoms. The average Bonchev–Trinajstić information content (AvgIpc) is 2.24. The van der Waals surface area contributed by atoms with Crippen LogP contribution in [0.4, 0.5) is 0 Å². The van der Waals surface area contributed by atoms with Crippen LogP contribution in [-0.2, 0) is 10.8 Å². The minimum absolute atomic E-state index is 0.0901. The van der Waals surface area contributed by atoms with Crippen LogP contribution in [0.3, 0.4) is 0 Å². The molecule has 18 heavy (non-hydrogen) atoms. The summed E-state index contributed by atoms with van der Waals surface area (Å²) in [4.78, 5) is 8.85. The smallest absolute Gasteiger partial charge is 0.0735 e. The minimum Gasteiger partial charge on any atom is -0.264 e. The van der Waals surface area contributed by atoms with E-state index < -0.39 is 0 Å². The maximum absolute atomic E-state index is 4.58. The molecule has 2 nitrogen and oxygen atoms in total. The average molecular weight is 242 g/mol. The number of pyridine rings is 2. The number of aromatic nitrogens is 2. The van der Waals surface area contributed by atoms with E-state index in [0.29, 0.717) is 0 Å². The van der Waals surface area contributed by atoms with Gasteiger partial charge >= 0.3 is 0 Å². The molecule has 0 saturated heterocycles. The fraction of sp³-hybridized carbons (Fsp3) is 0.500. The maximum Gasteiger partial charge on any atom is 0.0735 e. The lowest BCUT2D eigenvalue weighted by Crippen LogP contribution is -2.22. The van der Waals surface area contributed by atoms with Crippen LogP contribution in [0.1, 0.15) is 52.7 Å². The van der Waals surface area contributed by atoms with E-state index in [4.69, 9.17) is 0 Å². The highest BCUT2D eigenvalue weighted by molar-refractivity contribution is 5.83. The summed E-state index contributed by atoms with van der Waals surface area (Å²) in [5.74, 6) is 0. The molecule has 0 aliphatic carbocycles. The van der Waals surface area contributed by atoms with Crippen LogP contribution in [0.5, 0.6) is 0 Å². The first kappa shape index (κ1) is 13.0. The van der Waals surface area contributed by atoms with Gasteiger partial charge in [-0.15, -0.1) is 0 Å². The lowest BCUT2D eigenvalue weighted by molar-refractivity contribution is 0.532. The highest BCUT2D eigenvalue weighted by Gasteiger charge is 2.27. The van der Waals surface area contributed by atoms with E-state index >= 15 is 0 Å². The zero-order valence-electron chi connectivity index (χ0n) is 12.2. The summed E-state index contributed by atoms with van der Waals surface area (Å²) in [5.41, 5.74) is 3.90. The quantitative estimate of drug-likeness (QED) is 0.691. The Hall–Kier alpha value is -1.44. The lowest BCUT2D eigenvalue weighted by atomic mass is 9.75. The van der Waals surface area contributed by atoms with Gasteiger partial charge < -0.3 is 0 Å². The molecule has 0 fully saturated rings. The van der Waals surface area contributed by atoms with E-state index in [0.717, 1.165) is 5.52 Å². The van der Waals surface area contributed by atoms with E-state index in [2.05, 4.69) is 51.5 Å². The molecule has 0 unspecified atom stereocenters.